The van der Waals surface area contributed by atoms with Gasteiger partial charge < -0.3 is 14.9 Å². The summed E-state index contributed by atoms with van der Waals surface area (Å²) in [5.74, 6) is -1.22. The molecule has 0 saturated heterocycles. The average molecular weight is 230 g/mol. The van der Waals surface area contributed by atoms with Gasteiger partial charge in [-0.15, -0.1) is 0 Å². The Bertz CT molecular complexity index is 263. The minimum Gasteiger partial charge on any atom is -0.480 e. The van der Waals surface area contributed by atoms with Crippen LogP contribution < -0.4 is 0 Å². The molecule has 0 aromatic heterocycles. The molecule has 1 atom stereocenters. The van der Waals surface area contributed by atoms with Crippen LogP contribution in [0.15, 0.2) is 0 Å². The van der Waals surface area contributed by atoms with Crippen LogP contribution in [0.4, 0.5) is 0 Å². The van der Waals surface area contributed by atoms with E-state index in [4.69, 9.17) is 9.84 Å². The Morgan fingerprint density at radius 3 is 2.69 bits per heavy atom. The maximum atomic E-state index is 11.7. The van der Waals surface area contributed by atoms with E-state index in [1.54, 1.807) is 0 Å². The molecule has 2 N–H and O–H groups in total. The summed E-state index contributed by atoms with van der Waals surface area (Å²) in [5.41, 5.74) is -1.24. The molecule has 5 nitrogen and oxygen atoms in total. The molecule has 92 valence electrons. The molecule has 0 radical (unpaired) electrons. The van der Waals surface area contributed by atoms with Crippen LogP contribution in [0.3, 0.4) is 0 Å². The zero-order chi connectivity index (χ0) is 12.0. The number of aliphatic hydroxyl groups is 1. The van der Waals surface area contributed by atoms with E-state index in [9.17, 15) is 14.7 Å². The minimum atomic E-state index is -1.24. The molecule has 1 fully saturated rings. The first-order valence-corrected chi connectivity index (χ1v) is 5.59. The van der Waals surface area contributed by atoms with E-state index >= 15 is 0 Å². The molecule has 1 saturated carbocycles. The lowest BCUT2D eigenvalue weighted by molar-refractivity contribution is -0.158. The first-order chi connectivity index (χ1) is 7.63. The smallest absolute Gasteiger partial charge is 0.317 e. The van der Waals surface area contributed by atoms with E-state index in [0.717, 1.165) is 12.8 Å². The highest BCUT2D eigenvalue weighted by Crippen LogP contribution is 2.36. The van der Waals surface area contributed by atoms with Crippen LogP contribution in [0.5, 0.6) is 0 Å². The zero-order valence-electron chi connectivity index (χ0n) is 9.28. The number of Topliss-reactive ketones (excluding diaryl/α,β-unsaturated/α-hetero) is 1. The number of carboxylic acid groups (broad SMARTS) is 1. The van der Waals surface area contributed by atoms with Crippen LogP contribution in [-0.2, 0) is 14.3 Å². The Balaban J connectivity index is 2.57. The fourth-order valence-electron chi connectivity index (χ4n) is 2.10. The fourth-order valence-corrected chi connectivity index (χ4v) is 2.10. The van der Waals surface area contributed by atoms with Crippen molar-refractivity contribution in [2.75, 3.05) is 19.8 Å². The van der Waals surface area contributed by atoms with Crippen LogP contribution >= 0.6 is 0 Å². The quantitative estimate of drug-likeness (QED) is 0.515. The van der Waals surface area contributed by atoms with Crippen LogP contribution in [0.2, 0.25) is 0 Å². The molecular formula is C11H18O5. The number of ketones is 1. The lowest BCUT2D eigenvalue weighted by Gasteiger charge is -2.31. The zero-order valence-corrected chi connectivity index (χ0v) is 9.28. The van der Waals surface area contributed by atoms with Crippen molar-refractivity contribution >= 4 is 11.8 Å². The summed E-state index contributed by atoms with van der Waals surface area (Å²) >= 11 is 0. The number of hydrogen-bond donors (Lipinski definition) is 2. The molecule has 0 amide bonds. The standard InChI is InChI=1S/C11H18O5/c12-6-8-16-7-5-11(10(14)15)4-2-1-3-9(11)13/h12H,1-8H2,(H,14,15). The second-order valence-electron chi connectivity index (χ2n) is 4.10. The monoisotopic (exact) mass is 230 g/mol. The van der Waals surface area contributed by atoms with E-state index in [1.165, 1.54) is 0 Å². The van der Waals surface area contributed by atoms with Crippen molar-refractivity contribution in [3.05, 3.63) is 0 Å². The van der Waals surface area contributed by atoms with Crippen LogP contribution in [0, 0.1) is 5.41 Å². The van der Waals surface area contributed by atoms with Crippen molar-refractivity contribution in [1.82, 2.24) is 0 Å². The fraction of sp³-hybridized carbons (Fsp3) is 0.818. The highest BCUT2D eigenvalue weighted by atomic mass is 16.5. The summed E-state index contributed by atoms with van der Waals surface area (Å²) in [5, 5.41) is 17.7. The summed E-state index contributed by atoms with van der Waals surface area (Å²) < 4.78 is 5.04. The molecule has 1 aliphatic carbocycles. The van der Waals surface area contributed by atoms with Gasteiger partial charge in [-0.25, -0.2) is 0 Å². The second-order valence-corrected chi connectivity index (χ2v) is 4.10. The van der Waals surface area contributed by atoms with Gasteiger partial charge in [-0.1, -0.05) is 6.42 Å². The maximum Gasteiger partial charge on any atom is 0.317 e. The summed E-state index contributed by atoms with van der Waals surface area (Å²) in [6.07, 6.45) is 2.53. The summed E-state index contributed by atoms with van der Waals surface area (Å²) in [6, 6.07) is 0. The van der Waals surface area contributed by atoms with Crippen molar-refractivity contribution in [3.63, 3.8) is 0 Å². The van der Waals surface area contributed by atoms with E-state index in [1.807, 2.05) is 0 Å². The van der Waals surface area contributed by atoms with Crippen molar-refractivity contribution in [1.29, 1.82) is 0 Å². The van der Waals surface area contributed by atoms with E-state index in [-0.39, 0.29) is 32.0 Å². The molecular weight excluding hydrogens is 212 g/mol. The normalized spacial score (nSPS) is 25.7. The van der Waals surface area contributed by atoms with Crippen molar-refractivity contribution in [2.24, 2.45) is 5.41 Å². The van der Waals surface area contributed by atoms with Crippen molar-refractivity contribution < 1.29 is 24.5 Å². The van der Waals surface area contributed by atoms with Crippen molar-refractivity contribution in [3.8, 4) is 0 Å². The summed E-state index contributed by atoms with van der Waals surface area (Å²) in [4.78, 5) is 23.0. The lowest BCUT2D eigenvalue weighted by Crippen LogP contribution is -2.42. The first-order valence-electron chi connectivity index (χ1n) is 5.59. The number of hydrogen-bond acceptors (Lipinski definition) is 4. The molecule has 1 unspecified atom stereocenters. The van der Waals surface area contributed by atoms with Gasteiger partial charge in [-0.05, 0) is 19.3 Å². The average Bonchev–Trinajstić information content (AvgIpc) is 2.26. The molecule has 16 heavy (non-hydrogen) atoms. The molecule has 1 aliphatic rings. The largest absolute Gasteiger partial charge is 0.480 e. The van der Waals surface area contributed by atoms with Crippen LogP contribution in [0.1, 0.15) is 32.1 Å². The Hall–Kier alpha value is -0.940. The van der Waals surface area contributed by atoms with Gasteiger partial charge in [0, 0.05) is 13.0 Å². The number of carbonyl (C=O) groups excluding carboxylic acids is 1. The number of carboxylic acids is 1. The third kappa shape index (κ3) is 2.80. The molecule has 5 heteroatoms. The predicted octanol–water partition coefficient (Wildman–Crippen LogP) is 0.599. The summed E-state index contributed by atoms with van der Waals surface area (Å²) in [6.45, 7) is 0.302. The molecule has 0 aromatic carbocycles. The SMILES string of the molecule is O=C(O)C1(CCOCCO)CCCCC1=O. The van der Waals surface area contributed by atoms with Crippen LogP contribution in [0.25, 0.3) is 0 Å². The van der Waals surface area contributed by atoms with Gasteiger partial charge in [-0.2, -0.15) is 0 Å². The number of carbonyl (C=O) groups is 2. The van der Waals surface area contributed by atoms with Crippen LogP contribution in [-0.4, -0.2) is 41.8 Å². The maximum absolute atomic E-state index is 11.7. The lowest BCUT2D eigenvalue weighted by atomic mass is 9.71. The van der Waals surface area contributed by atoms with Gasteiger partial charge in [0.15, 0.2) is 0 Å². The Morgan fingerprint density at radius 2 is 2.12 bits per heavy atom. The second kappa shape index (κ2) is 5.96. The minimum absolute atomic E-state index is 0.0893. The highest BCUT2D eigenvalue weighted by Gasteiger charge is 2.46. The Morgan fingerprint density at radius 1 is 1.38 bits per heavy atom. The number of aliphatic carboxylic acids is 1. The third-order valence-electron chi connectivity index (χ3n) is 3.11. The van der Waals surface area contributed by atoms with Gasteiger partial charge in [0.25, 0.3) is 0 Å². The summed E-state index contributed by atoms with van der Waals surface area (Å²) in [7, 11) is 0. The topological polar surface area (TPSA) is 83.8 Å². The van der Waals surface area contributed by atoms with E-state index < -0.39 is 11.4 Å². The van der Waals surface area contributed by atoms with E-state index in [0.29, 0.717) is 12.8 Å². The van der Waals surface area contributed by atoms with Gasteiger partial charge in [0.2, 0.25) is 0 Å². The Kier molecular flexibility index (Phi) is 4.89. The number of ether oxygens (including phenoxy) is 1. The highest BCUT2D eigenvalue weighted by molar-refractivity contribution is 6.03. The van der Waals surface area contributed by atoms with Crippen molar-refractivity contribution in [2.45, 2.75) is 32.1 Å². The van der Waals surface area contributed by atoms with E-state index in [2.05, 4.69) is 0 Å². The van der Waals surface area contributed by atoms with Gasteiger partial charge in [-0.3, -0.25) is 9.59 Å². The first kappa shape index (κ1) is 13.1. The number of rotatable bonds is 6. The molecule has 0 heterocycles. The molecule has 0 spiro atoms. The molecule has 0 aliphatic heterocycles. The third-order valence-corrected chi connectivity index (χ3v) is 3.11. The van der Waals surface area contributed by atoms with Gasteiger partial charge in [0.1, 0.15) is 11.2 Å². The van der Waals surface area contributed by atoms with Gasteiger partial charge >= 0.3 is 5.97 Å². The molecule has 0 aromatic rings. The molecule has 1 rings (SSSR count). The Labute approximate surface area is 94.4 Å². The van der Waals surface area contributed by atoms with Gasteiger partial charge in [0.05, 0.1) is 13.2 Å². The molecule has 0 bridgehead atoms. The number of aliphatic hydroxyl groups excluding tert-OH is 1. The predicted molar refractivity (Wildman–Crippen MR) is 56.1 cm³/mol.